The molecule has 0 heterocycles. The van der Waals surface area contributed by atoms with Crippen molar-refractivity contribution in [1.29, 1.82) is 0 Å². The number of nitrogens with zero attached hydrogens (tertiary/aromatic N) is 2. The van der Waals surface area contributed by atoms with E-state index in [1.165, 1.54) is 0 Å². The van der Waals surface area contributed by atoms with Gasteiger partial charge in [-0.15, -0.1) is 0 Å². The second-order valence-corrected chi connectivity index (χ2v) is 4.65. The van der Waals surface area contributed by atoms with Crippen molar-refractivity contribution in [2.75, 3.05) is 6.61 Å². The quantitative estimate of drug-likeness (QED) is 0.523. The number of benzene rings is 2. The largest absolute Gasteiger partial charge is 0.372 e. The number of azo groups is 1. The molecule has 0 N–H and O–H groups in total. The first-order chi connectivity index (χ1) is 9.74. The van der Waals surface area contributed by atoms with Crippen LogP contribution in [0.1, 0.15) is 12.5 Å². The van der Waals surface area contributed by atoms with Crippen LogP contribution in [-0.2, 0) is 11.3 Å². The summed E-state index contributed by atoms with van der Waals surface area (Å²) in [6.45, 7) is 6.93. The molecule has 3 nitrogen and oxygen atoms in total. The van der Waals surface area contributed by atoms with Gasteiger partial charge in [-0.1, -0.05) is 42.5 Å². The first kappa shape index (κ1) is 14.2. The molecular formula is C17H18N2O. The normalized spacial score (nSPS) is 10.8. The van der Waals surface area contributed by atoms with Crippen LogP contribution in [0.15, 0.2) is 77.0 Å². The Balaban J connectivity index is 1.91. The maximum absolute atomic E-state index is 5.50. The Morgan fingerprint density at radius 3 is 2.15 bits per heavy atom. The van der Waals surface area contributed by atoms with Crippen LogP contribution in [0.3, 0.4) is 0 Å². The summed E-state index contributed by atoms with van der Waals surface area (Å²) < 4.78 is 5.50. The zero-order valence-corrected chi connectivity index (χ0v) is 11.6. The van der Waals surface area contributed by atoms with Crippen LogP contribution < -0.4 is 0 Å². The molecular weight excluding hydrogens is 248 g/mol. The monoisotopic (exact) mass is 266 g/mol. The highest BCUT2D eigenvalue weighted by Gasteiger charge is 1.95. The Hall–Kier alpha value is -2.26. The Morgan fingerprint density at radius 1 is 0.950 bits per heavy atom. The molecule has 0 aliphatic carbocycles. The molecule has 0 aliphatic heterocycles. The smallest absolute Gasteiger partial charge is 0.0857 e. The lowest BCUT2D eigenvalue weighted by atomic mass is 10.2. The minimum atomic E-state index is 0.586. The van der Waals surface area contributed by atoms with E-state index < -0.39 is 0 Å². The predicted octanol–water partition coefficient (Wildman–Crippen LogP) is 5.19. The van der Waals surface area contributed by atoms with Gasteiger partial charge in [0, 0.05) is 0 Å². The van der Waals surface area contributed by atoms with Gasteiger partial charge in [0.15, 0.2) is 0 Å². The number of hydrogen-bond acceptors (Lipinski definition) is 3. The Morgan fingerprint density at radius 2 is 1.55 bits per heavy atom. The van der Waals surface area contributed by atoms with Crippen LogP contribution in [0.5, 0.6) is 0 Å². The van der Waals surface area contributed by atoms with E-state index in [9.17, 15) is 0 Å². The van der Waals surface area contributed by atoms with Gasteiger partial charge in [0.25, 0.3) is 0 Å². The molecule has 0 saturated carbocycles. The standard InChI is InChI=1S/C17H18N2O/c1-14(2)12-20-13-15-8-10-17(11-9-15)19-18-16-6-4-3-5-7-16/h3-11H,1,12-13H2,2H3/b19-18+. The van der Waals surface area contributed by atoms with Gasteiger partial charge in [-0.05, 0) is 36.8 Å². The van der Waals surface area contributed by atoms with Crippen LogP contribution in [-0.4, -0.2) is 6.61 Å². The summed E-state index contributed by atoms with van der Waals surface area (Å²) in [5, 5.41) is 8.37. The van der Waals surface area contributed by atoms with Crippen molar-refractivity contribution in [3.05, 3.63) is 72.3 Å². The molecule has 0 spiro atoms. The van der Waals surface area contributed by atoms with Gasteiger partial charge in [0.1, 0.15) is 0 Å². The van der Waals surface area contributed by atoms with Crippen molar-refractivity contribution in [2.24, 2.45) is 10.2 Å². The fourth-order valence-corrected chi connectivity index (χ4v) is 1.61. The van der Waals surface area contributed by atoms with Crippen molar-refractivity contribution in [1.82, 2.24) is 0 Å². The average Bonchev–Trinajstić information content (AvgIpc) is 2.47. The lowest BCUT2D eigenvalue weighted by molar-refractivity contribution is 0.143. The molecule has 0 aliphatic rings. The lowest BCUT2D eigenvalue weighted by Crippen LogP contribution is -1.95. The molecule has 20 heavy (non-hydrogen) atoms. The van der Waals surface area contributed by atoms with E-state index in [0.717, 1.165) is 22.5 Å². The van der Waals surface area contributed by atoms with E-state index in [1.807, 2.05) is 61.5 Å². The molecule has 2 rings (SSSR count). The average molecular weight is 266 g/mol. The highest BCUT2D eigenvalue weighted by atomic mass is 16.5. The molecule has 0 saturated heterocycles. The molecule has 2 aromatic carbocycles. The zero-order valence-electron chi connectivity index (χ0n) is 11.6. The van der Waals surface area contributed by atoms with Crippen LogP contribution in [0.25, 0.3) is 0 Å². The first-order valence-corrected chi connectivity index (χ1v) is 6.52. The first-order valence-electron chi connectivity index (χ1n) is 6.52. The fraction of sp³-hybridized carbons (Fsp3) is 0.176. The Bertz CT molecular complexity index is 574. The molecule has 2 aromatic rings. The van der Waals surface area contributed by atoms with Gasteiger partial charge in [-0.25, -0.2) is 0 Å². The van der Waals surface area contributed by atoms with E-state index in [2.05, 4.69) is 16.8 Å². The van der Waals surface area contributed by atoms with E-state index in [1.54, 1.807) is 0 Å². The molecule has 0 amide bonds. The minimum absolute atomic E-state index is 0.586. The van der Waals surface area contributed by atoms with E-state index in [0.29, 0.717) is 13.2 Å². The molecule has 0 fully saturated rings. The fourth-order valence-electron chi connectivity index (χ4n) is 1.61. The zero-order chi connectivity index (χ0) is 14.2. The molecule has 0 unspecified atom stereocenters. The molecule has 0 atom stereocenters. The van der Waals surface area contributed by atoms with Crippen LogP contribution in [0.4, 0.5) is 11.4 Å². The van der Waals surface area contributed by atoms with E-state index >= 15 is 0 Å². The number of rotatable bonds is 6. The highest BCUT2D eigenvalue weighted by Crippen LogP contribution is 2.18. The van der Waals surface area contributed by atoms with Gasteiger partial charge in [0.2, 0.25) is 0 Å². The third kappa shape index (κ3) is 4.78. The summed E-state index contributed by atoms with van der Waals surface area (Å²) in [4.78, 5) is 0. The third-order valence-corrected chi connectivity index (χ3v) is 2.59. The Labute approximate surface area is 119 Å². The lowest BCUT2D eigenvalue weighted by Gasteiger charge is -2.03. The number of hydrogen-bond donors (Lipinski definition) is 0. The van der Waals surface area contributed by atoms with Crippen molar-refractivity contribution in [3.8, 4) is 0 Å². The van der Waals surface area contributed by atoms with E-state index in [-0.39, 0.29) is 0 Å². The van der Waals surface area contributed by atoms with Crippen molar-refractivity contribution in [2.45, 2.75) is 13.5 Å². The highest BCUT2D eigenvalue weighted by molar-refractivity contribution is 5.40. The maximum Gasteiger partial charge on any atom is 0.0857 e. The molecule has 0 aromatic heterocycles. The summed E-state index contributed by atoms with van der Waals surface area (Å²) in [6, 6.07) is 17.5. The van der Waals surface area contributed by atoms with Gasteiger partial charge in [0.05, 0.1) is 24.6 Å². The van der Waals surface area contributed by atoms with Gasteiger partial charge in [-0.3, -0.25) is 0 Å². The van der Waals surface area contributed by atoms with Gasteiger partial charge >= 0.3 is 0 Å². The summed E-state index contributed by atoms with van der Waals surface area (Å²) >= 11 is 0. The number of ether oxygens (including phenoxy) is 1. The summed E-state index contributed by atoms with van der Waals surface area (Å²) in [7, 11) is 0. The summed E-state index contributed by atoms with van der Waals surface area (Å²) in [6.07, 6.45) is 0. The molecule has 3 heteroatoms. The third-order valence-electron chi connectivity index (χ3n) is 2.59. The van der Waals surface area contributed by atoms with Crippen LogP contribution in [0.2, 0.25) is 0 Å². The molecule has 0 bridgehead atoms. The van der Waals surface area contributed by atoms with Gasteiger partial charge < -0.3 is 4.74 Å². The van der Waals surface area contributed by atoms with Crippen molar-refractivity contribution in [3.63, 3.8) is 0 Å². The molecule has 0 radical (unpaired) electrons. The van der Waals surface area contributed by atoms with Crippen molar-refractivity contribution < 1.29 is 4.74 Å². The Kier molecular flexibility index (Phi) is 5.21. The molecule has 102 valence electrons. The topological polar surface area (TPSA) is 34.0 Å². The van der Waals surface area contributed by atoms with Gasteiger partial charge in [-0.2, -0.15) is 10.2 Å². The van der Waals surface area contributed by atoms with Crippen molar-refractivity contribution >= 4 is 11.4 Å². The summed E-state index contributed by atoms with van der Waals surface area (Å²) in [5.74, 6) is 0. The minimum Gasteiger partial charge on any atom is -0.372 e. The second kappa shape index (κ2) is 7.36. The maximum atomic E-state index is 5.50. The second-order valence-electron chi connectivity index (χ2n) is 4.65. The van der Waals surface area contributed by atoms with E-state index in [4.69, 9.17) is 4.74 Å². The SMILES string of the molecule is C=C(C)COCc1ccc(/N=N/c2ccccc2)cc1. The summed E-state index contributed by atoms with van der Waals surface area (Å²) in [5.41, 5.74) is 3.82. The predicted molar refractivity (Wildman–Crippen MR) is 81.5 cm³/mol. The van der Waals surface area contributed by atoms with Crippen LogP contribution >= 0.6 is 0 Å². The van der Waals surface area contributed by atoms with Crippen LogP contribution in [0, 0.1) is 0 Å².